The van der Waals surface area contributed by atoms with Gasteiger partial charge in [-0.05, 0) is 42.3 Å². The molecule has 0 aromatic heterocycles. The minimum Gasteiger partial charge on any atom is -0.504 e. The number of hydrogen-bond acceptors (Lipinski definition) is 5. The number of amides is 1. The highest BCUT2D eigenvalue weighted by Gasteiger charge is 2.09. The van der Waals surface area contributed by atoms with Gasteiger partial charge in [0, 0.05) is 12.1 Å². The lowest BCUT2D eigenvalue weighted by Crippen LogP contribution is -2.25. The number of ether oxygens (including phenoxy) is 2. The lowest BCUT2D eigenvalue weighted by molar-refractivity contribution is 0.0953. The molecule has 0 aliphatic heterocycles. The Morgan fingerprint density at radius 3 is 2.39 bits per heavy atom. The van der Waals surface area contributed by atoms with Gasteiger partial charge in [-0.25, -0.2) is 0 Å². The molecule has 1 amide bonds. The van der Waals surface area contributed by atoms with E-state index in [1.807, 2.05) is 18.2 Å². The Morgan fingerprint density at radius 2 is 1.74 bits per heavy atom. The Morgan fingerprint density at radius 1 is 1.00 bits per heavy atom. The van der Waals surface area contributed by atoms with Gasteiger partial charge in [0.1, 0.15) is 0 Å². The topological polar surface area (TPSA) is 88.0 Å². The van der Waals surface area contributed by atoms with E-state index < -0.39 is 0 Å². The highest BCUT2D eigenvalue weighted by atomic mass is 16.5. The van der Waals surface area contributed by atoms with Crippen LogP contribution in [0.5, 0.6) is 23.0 Å². The van der Waals surface area contributed by atoms with Crippen molar-refractivity contribution in [3.63, 3.8) is 0 Å². The molecule has 0 radical (unpaired) electrons. The average molecular weight is 317 g/mol. The maximum atomic E-state index is 12.0. The molecule has 0 atom stereocenters. The summed E-state index contributed by atoms with van der Waals surface area (Å²) in [6.07, 6.45) is 0.621. The molecule has 2 aromatic rings. The van der Waals surface area contributed by atoms with E-state index in [1.165, 1.54) is 18.2 Å². The zero-order valence-electron chi connectivity index (χ0n) is 13.0. The molecule has 0 heterocycles. The number of phenolic OH excluding ortho intramolecular Hbond substituents is 2. The van der Waals surface area contributed by atoms with Crippen LogP contribution in [-0.2, 0) is 6.42 Å². The van der Waals surface area contributed by atoms with Gasteiger partial charge in [0.15, 0.2) is 23.0 Å². The number of rotatable bonds is 6. The van der Waals surface area contributed by atoms with Crippen molar-refractivity contribution in [1.82, 2.24) is 5.32 Å². The van der Waals surface area contributed by atoms with Crippen molar-refractivity contribution in [2.45, 2.75) is 6.42 Å². The number of nitrogens with one attached hydrogen (secondary N) is 1. The molecular formula is C17H19NO5. The van der Waals surface area contributed by atoms with Crippen molar-refractivity contribution in [2.75, 3.05) is 20.8 Å². The van der Waals surface area contributed by atoms with Crippen LogP contribution in [0, 0.1) is 0 Å². The van der Waals surface area contributed by atoms with Gasteiger partial charge in [0.2, 0.25) is 0 Å². The summed E-state index contributed by atoms with van der Waals surface area (Å²) < 4.78 is 10.4. The fourth-order valence-electron chi connectivity index (χ4n) is 2.12. The van der Waals surface area contributed by atoms with Crippen LogP contribution >= 0.6 is 0 Å². The third kappa shape index (κ3) is 4.06. The first-order chi connectivity index (χ1) is 11.0. The molecule has 23 heavy (non-hydrogen) atoms. The van der Waals surface area contributed by atoms with Gasteiger partial charge in [0.25, 0.3) is 5.91 Å². The minimum absolute atomic E-state index is 0.258. The summed E-state index contributed by atoms with van der Waals surface area (Å²) in [6, 6.07) is 9.52. The van der Waals surface area contributed by atoms with Gasteiger partial charge in [-0.15, -0.1) is 0 Å². The molecule has 0 saturated heterocycles. The quantitative estimate of drug-likeness (QED) is 0.710. The van der Waals surface area contributed by atoms with Crippen molar-refractivity contribution < 1.29 is 24.5 Å². The first-order valence-electron chi connectivity index (χ1n) is 7.06. The molecule has 0 bridgehead atoms. The van der Waals surface area contributed by atoms with Crippen LogP contribution in [-0.4, -0.2) is 36.9 Å². The molecule has 3 N–H and O–H groups in total. The molecular weight excluding hydrogens is 298 g/mol. The monoisotopic (exact) mass is 317 g/mol. The van der Waals surface area contributed by atoms with E-state index in [4.69, 9.17) is 9.47 Å². The third-order valence-electron chi connectivity index (χ3n) is 3.38. The Kier molecular flexibility index (Phi) is 5.30. The van der Waals surface area contributed by atoms with Gasteiger partial charge in [0.05, 0.1) is 14.2 Å². The van der Waals surface area contributed by atoms with Gasteiger partial charge < -0.3 is 25.0 Å². The molecule has 2 aromatic carbocycles. The van der Waals surface area contributed by atoms with E-state index in [9.17, 15) is 15.0 Å². The number of benzene rings is 2. The molecule has 0 unspecified atom stereocenters. The average Bonchev–Trinajstić information content (AvgIpc) is 2.57. The molecule has 0 saturated carbocycles. The Balaban J connectivity index is 1.94. The number of methoxy groups -OCH3 is 2. The highest BCUT2D eigenvalue weighted by Crippen LogP contribution is 2.27. The maximum absolute atomic E-state index is 12.0. The fraction of sp³-hybridized carbons (Fsp3) is 0.235. The first-order valence-corrected chi connectivity index (χ1v) is 7.06. The SMILES string of the molecule is COc1ccc(CCNC(=O)c2ccc(O)c(O)c2)cc1OC. The zero-order valence-corrected chi connectivity index (χ0v) is 13.0. The van der Waals surface area contributed by atoms with E-state index in [0.717, 1.165) is 5.56 Å². The largest absolute Gasteiger partial charge is 0.504 e. The predicted molar refractivity (Wildman–Crippen MR) is 85.4 cm³/mol. The van der Waals surface area contributed by atoms with Gasteiger partial charge in [-0.1, -0.05) is 6.07 Å². The van der Waals surface area contributed by atoms with Gasteiger partial charge in [-0.3, -0.25) is 4.79 Å². The lowest BCUT2D eigenvalue weighted by Gasteiger charge is -2.10. The summed E-state index contributed by atoms with van der Waals surface area (Å²) in [7, 11) is 3.14. The number of carbonyl (C=O) groups excluding carboxylic acids is 1. The Hall–Kier alpha value is -2.89. The molecule has 0 aliphatic rings. The molecule has 0 spiro atoms. The first kappa shape index (κ1) is 16.5. The molecule has 122 valence electrons. The van der Waals surface area contributed by atoms with Crippen LogP contribution in [0.25, 0.3) is 0 Å². The normalized spacial score (nSPS) is 10.2. The molecule has 0 aliphatic carbocycles. The van der Waals surface area contributed by atoms with Crippen LogP contribution in [0.15, 0.2) is 36.4 Å². The minimum atomic E-state index is -0.322. The van der Waals surface area contributed by atoms with Crippen LogP contribution < -0.4 is 14.8 Å². The second kappa shape index (κ2) is 7.40. The second-order valence-electron chi connectivity index (χ2n) is 4.90. The molecule has 6 heteroatoms. The van der Waals surface area contributed by atoms with Crippen LogP contribution in [0.1, 0.15) is 15.9 Å². The summed E-state index contributed by atoms with van der Waals surface area (Å²) in [4.78, 5) is 12.0. The summed E-state index contributed by atoms with van der Waals surface area (Å²) in [5, 5.41) is 21.4. The smallest absolute Gasteiger partial charge is 0.251 e. The molecule has 0 fully saturated rings. The van der Waals surface area contributed by atoms with E-state index >= 15 is 0 Å². The van der Waals surface area contributed by atoms with Crippen LogP contribution in [0.4, 0.5) is 0 Å². The highest BCUT2D eigenvalue weighted by molar-refractivity contribution is 5.94. The van der Waals surface area contributed by atoms with E-state index in [2.05, 4.69) is 5.32 Å². The van der Waals surface area contributed by atoms with Crippen LogP contribution in [0.3, 0.4) is 0 Å². The number of aromatic hydroxyl groups is 2. The number of phenols is 2. The number of carbonyl (C=O) groups is 1. The fourth-order valence-corrected chi connectivity index (χ4v) is 2.12. The van der Waals surface area contributed by atoms with Gasteiger partial charge in [-0.2, -0.15) is 0 Å². The van der Waals surface area contributed by atoms with E-state index in [0.29, 0.717) is 24.5 Å². The van der Waals surface area contributed by atoms with Gasteiger partial charge >= 0.3 is 0 Å². The van der Waals surface area contributed by atoms with Crippen molar-refractivity contribution in [2.24, 2.45) is 0 Å². The third-order valence-corrected chi connectivity index (χ3v) is 3.38. The molecule has 6 nitrogen and oxygen atoms in total. The summed E-state index contributed by atoms with van der Waals surface area (Å²) >= 11 is 0. The lowest BCUT2D eigenvalue weighted by atomic mass is 10.1. The van der Waals surface area contributed by atoms with E-state index in [-0.39, 0.29) is 23.0 Å². The summed E-state index contributed by atoms with van der Waals surface area (Å²) in [6.45, 7) is 0.427. The second-order valence-corrected chi connectivity index (χ2v) is 4.90. The number of hydrogen-bond donors (Lipinski definition) is 3. The van der Waals surface area contributed by atoms with E-state index in [1.54, 1.807) is 14.2 Å². The summed E-state index contributed by atoms with van der Waals surface area (Å²) in [5.41, 5.74) is 1.28. The van der Waals surface area contributed by atoms with Crippen molar-refractivity contribution >= 4 is 5.91 Å². The van der Waals surface area contributed by atoms with Crippen molar-refractivity contribution in [3.05, 3.63) is 47.5 Å². The Labute approximate surface area is 134 Å². The van der Waals surface area contributed by atoms with Crippen molar-refractivity contribution in [3.8, 4) is 23.0 Å². The standard InChI is InChI=1S/C17H19NO5/c1-22-15-6-3-11(9-16(15)23-2)7-8-18-17(21)12-4-5-13(19)14(20)10-12/h3-6,9-10,19-20H,7-8H2,1-2H3,(H,18,21). The van der Waals surface area contributed by atoms with Crippen molar-refractivity contribution in [1.29, 1.82) is 0 Å². The summed E-state index contributed by atoms with van der Waals surface area (Å²) in [5.74, 6) is 0.393. The zero-order chi connectivity index (χ0) is 16.8. The maximum Gasteiger partial charge on any atom is 0.251 e. The molecule has 2 rings (SSSR count). The van der Waals surface area contributed by atoms with Crippen LogP contribution in [0.2, 0.25) is 0 Å². The predicted octanol–water partition coefficient (Wildman–Crippen LogP) is 2.09. The Bertz CT molecular complexity index is 699.